The number of carbonyl (C=O) groups is 1. The molecular formula is C11H12O2S. The van der Waals surface area contributed by atoms with Gasteiger partial charge in [0.2, 0.25) is 0 Å². The second-order valence-corrected chi connectivity index (χ2v) is 3.45. The van der Waals surface area contributed by atoms with E-state index >= 15 is 0 Å². The monoisotopic (exact) mass is 208 g/mol. The van der Waals surface area contributed by atoms with E-state index in [0.717, 1.165) is 22.5 Å². The molecule has 1 aromatic rings. The lowest BCUT2D eigenvalue weighted by molar-refractivity contribution is -0.104. The van der Waals surface area contributed by atoms with Crippen molar-refractivity contribution in [1.82, 2.24) is 0 Å². The molecule has 0 radical (unpaired) electrons. The van der Waals surface area contributed by atoms with E-state index in [4.69, 9.17) is 4.74 Å². The number of carbonyl (C=O) groups excluding carboxylic acids is 1. The van der Waals surface area contributed by atoms with Crippen LogP contribution >= 0.6 is 11.8 Å². The lowest BCUT2D eigenvalue weighted by Crippen LogP contribution is -1.84. The van der Waals surface area contributed by atoms with Gasteiger partial charge in [-0.05, 0) is 30.0 Å². The summed E-state index contributed by atoms with van der Waals surface area (Å²) in [6.45, 7) is 0. The Labute approximate surface area is 88.0 Å². The average Bonchev–Trinajstić information content (AvgIpc) is 2.26. The molecule has 0 aromatic heterocycles. The molecule has 1 rings (SSSR count). The highest BCUT2D eigenvalue weighted by molar-refractivity contribution is 8.07. The van der Waals surface area contributed by atoms with E-state index in [2.05, 4.69) is 0 Å². The number of aldehydes is 1. The Morgan fingerprint density at radius 2 is 2.00 bits per heavy atom. The number of hydrogen-bond acceptors (Lipinski definition) is 3. The zero-order chi connectivity index (χ0) is 10.4. The molecule has 0 heterocycles. The summed E-state index contributed by atoms with van der Waals surface area (Å²) in [5.74, 6) is 0.820. The molecule has 74 valence electrons. The van der Waals surface area contributed by atoms with Crippen molar-refractivity contribution in [2.45, 2.75) is 0 Å². The van der Waals surface area contributed by atoms with Crippen LogP contribution in [-0.2, 0) is 4.79 Å². The lowest BCUT2D eigenvalue weighted by atomic mass is 10.2. The van der Waals surface area contributed by atoms with Crippen LogP contribution in [0, 0.1) is 0 Å². The number of benzene rings is 1. The molecule has 0 saturated heterocycles. The van der Waals surface area contributed by atoms with Crippen LogP contribution < -0.4 is 4.74 Å². The van der Waals surface area contributed by atoms with Gasteiger partial charge in [0.25, 0.3) is 0 Å². The normalized spacial score (nSPS) is 11.1. The third kappa shape index (κ3) is 2.64. The van der Waals surface area contributed by atoms with Crippen LogP contribution in [0.1, 0.15) is 5.56 Å². The van der Waals surface area contributed by atoms with Crippen LogP contribution in [0.25, 0.3) is 4.91 Å². The molecule has 0 bridgehead atoms. The first-order valence-electron chi connectivity index (χ1n) is 4.15. The standard InChI is InChI=1S/C11H12O2S/c1-13-10-5-3-9(4-6-10)11(14-2)7-8-12/h3-8H,1-2H3/b11-7+. The maximum Gasteiger partial charge on any atom is 0.143 e. The summed E-state index contributed by atoms with van der Waals surface area (Å²) < 4.78 is 5.05. The summed E-state index contributed by atoms with van der Waals surface area (Å²) in [4.78, 5) is 11.3. The Kier molecular flexibility index (Phi) is 4.26. The van der Waals surface area contributed by atoms with E-state index in [1.807, 2.05) is 30.5 Å². The quantitative estimate of drug-likeness (QED) is 0.562. The van der Waals surface area contributed by atoms with E-state index < -0.39 is 0 Å². The zero-order valence-corrected chi connectivity index (χ0v) is 9.01. The van der Waals surface area contributed by atoms with Gasteiger partial charge in [-0.1, -0.05) is 12.1 Å². The van der Waals surface area contributed by atoms with Gasteiger partial charge in [0, 0.05) is 4.91 Å². The predicted molar refractivity (Wildman–Crippen MR) is 60.6 cm³/mol. The van der Waals surface area contributed by atoms with E-state index in [0.29, 0.717) is 0 Å². The molecule has 0 aliphatic carbocycles. The van der Waals surface area contributed by atoms with Crippen LogP contribution in [0.3, 0.4) is 0 Å². The van der Waals surface area contributed by atoms with Gasteiger partial charge in [-0.3, -0.25) is 4.79 Å². The molecule has 0 saturated carbocycles. The first-order chi connectivity index (χ1) is 6.81. The highest BCUT2D eigenvalue weighted by Crippen LogP contribution is 2.25. The van der Waals surface area contributed by atoms with Gasteiger partial charge in [0.1, 0.15) is 12.0 Å². The fourth-order valence-corrected chi connectivity index (χ4v) is 1.66. The largest absolute Gasteiger partial charge is 0.497 e. The number of ether oxygens (including phenoxy) is 1. The van der Waals surface area contributed by atoms with Crippen LogP contribution in [0.4, 0.5) is 0 Å². The third-order valence-corrected chi connectivity index (χ3v) is 2.63. The van der Waals surface area contributed by atoms with Gasteiger partial charge in [-0.15, -0.1) is 11.8 Å². The minimum Gasteiger partial charge on any atom is -0.497 e. The maximum atomic E-state index is 10.4. The van der Waals surface area contributed by atoms with Crippen molar-refractivity contribution in [2.24, 2.45) is 0 Å². The number of allylic oxidation sites excluding steroid dienone is 1. The summed E-state index contributed by atoms with van der Waals surface area (Å²) in [5.41, 5.74) is 1.03. The van der Waals surface area contributed by atoms with Gasteiger partial charge in [-0.25, -0.2) is 0 Å². The van der Waals surface area contributed by atoms with E-state index in [1.165, 1.54) is 0 Å². The van der Waals surface area contributed by atoms with Gasteiger partial charge in [0.15, 0.2) is 0 Å². The van der Waals surface area contributed by atoms with Crippen LogP contribution in [0.2, 0.25) is 0 Å². The van der Waals surface area contributed by atoms with Gasteiger partial charge in [-0.2, -0.15) is 0 Å². The van der Waals surface area contributed by atoms with Crippen molar-refractivity contribution >= 4 is 23.0 Å². The second kappa shape index (κ2) is 5.50. The molecule has 0 unspecified atom stereocenters. The Hall–Kier alpha value is -1.22. The van der Waals surface area contributed by atoms with Crippen LogP contribution in [-0.4, -0.2) is 19.7 Å². The molecule has 0 aliphatic rings. The Bertz CT molecular complexity index is 328. The zero-order valence-electron chi connectivity index (χ0n) is 8.19. The molecule has 0 spiro atoms. The van der Waals surface area contributed by atoms with Crippen molar-refractivity contribution in [3.63, 3.8) is 0 Å². The van der Waals surface area contributed by atoms with E-state index in [1.54, 1.807) is 24.9 Å². The van der Waals surface area contributed by atoms with Gasteiger partial charge >= 0.3 is 0 Å². The van der Waals surface area contributed by atoms with Crippen LogP contribution in [0.15, 0.2) is 30.3 Å². The topological polar surface area (TPSA) is 26.3 Å². The maximum absolute atomic E-state index is 10.4. The van der Waals surface area contributed by atoms with E-state index in [9.17, 15) is 4.79 Å². The SMILES string of the molecule is COc1ccc(/C(=C\C=O)SC)cc1. The van der Waals surface area contributed by atoms with Crippen molar-refractivity contribution in [1.29, 1.82) is 0 Å². The van der Waals surface area contributed by atoms with Gasteiger partial charge in [0.05, 0.1) is 7.11 Å². The second-order valence-electron chi connectivity index (χ2n) is 2.60. The number of rotatable bonds is 4. The lowest BCUT2D eigenvalue weighted by Gasteiger charge is -2.04. The Morgan fingerprint density at radius 1 is 1.36 bits per heavy atom. The van der Waals surface area contributed by atoms with Crippen molar-refractivity contribution in [2.75, 3.05) is 13.4 Å². The highest BCUT2D eigenvalue weighted by Gasteiger charge is 1.99. The Morgan fingerprint density at radius 3 is 2.43 bits per heavy atom. The molecular weight excluding hydrogens is 196 g/mol. The number of thioether (sulfide) groups is 1. The van der Waals surface area contributed by atoms with Crippen molar-refractivity contribution < 1.29 is 9.53 Å². The summed E-state index contributed by atoms with van der Waals surface area (Å²) >= 11 is 1.55. The van der Waals surface area contributed by atoms with Crippen LogP contribution in [0.5, 0.6) is 5.75 Å². The molecule has 0 atom stereocenters. The molecule has 2 nitrogen and oxygen atoms in total. The average molecular weight is 208 g/mol. The first-order valence-corrected chi connectivity index (χ1v) is 5.38. The number of methoxy groups -OCH3 is 1. The first kappa shape index (κ1) is 10.9. The van der Waals surface area contributed by atoms with Gasteiger partial charge < -0.3 is 4.74 Å². The fraction of sp³-hybridized carbons (Fsp3) is 0.182. The molecule has 3 heteroatoms. The minimum absolute atomic E-state index is 0.802. The summed E-state index contributed by atoms with van der Waals surface area (Å²) in [6.07, 6.45) is 4.31. The molecule has 0 amide bonds. The number of hydrogen-bond donors (Lipinski definition) is 0. The van der Waals surface area contributed by atoms with Crippen molar-refractivity contribution in [3.05, 3.63) is 35.9 Å². The predicted octanol–water partition coefficient (Wildman–Crippen LogP) is 2.60. The molecule has 0 fully saturated rings. The van der Waals surface area contributed by atoms with E-state index in [-0.39, 0.29) is 0 Å². The fourth-order valence-electron chi connectivity index (χ4n) is 1.10. The highest BCUT2D eigenvalue weighted by atomic mass is 32.2. The molecule has 1 aromatic carbocycles. The molecule has 0 aliphatic heterocycles. The molecule has 0 N–H and O–H groups in total. The summed E-state index contributed by atoms with van der Waals surface area (Å²) in [5, 5.41) is 0. The summed E-state index contributed by atoms with van der Waals surface area (Å²) in [7, 11) is 1.63. The van der Waals surface area contributed by atoms with Crippen molar-refractivity contribution in [3.8, 4) is 5.75 Å². The smallest absolute Gasteiger partial charge is 0.143 e. The minimum atomic E-state index is 0.802. The Balaban J connectivity index is 2.95. The third-order valence-electron chi connectivity index (χ3n) is 1.81. The summed E-state index contributed by atoms with van der Waals surface area (Å²) in [6, 6.07) is 7.63. The molecule has 14 heavy (non-hydrogen) atoms.